The molecule has 0 aliphatic rings. The fourth-order valence-corrected chi connectivity index (χ4v) is 2.22. The van der Waals surface area contributed by atoms with E-state index in [0.717, 1.165) is 34.6 Å². The molecule has 2 heterocycles. The van der Waals surface area contributed by atoms with Crippen LogP contribution in [0.3, 0.4) is 0 Å². The van der Waals surface area contributed by atoms with Gasteiger partial charge in [-0.1, -0.05) is 12.1 Å². The molecule has 0 unspecified atom stereocenters. The highest BCUT2D eigenvalue weighted by molar-refractivity contribution is 5.92. The van der Waals surface area contributed by atoms with Crippen molar-refractivity contribution in [1.82, 2.24) is 20.1 Å². The Bertz CT molecular complexity index is 781. The van der Waals surface area contributed by atoms with Gasteiger partial charge in [0.15, 0.2) is 5.65 Å². The molecule has 1 aromatic carbocycles. The third-order valence-corrected chi connectivity index (χ3v) is 3.35. The van der Waals surface area contributed by atoms with Crippen LogP contribution in [-0.4, -0.2) is 47.3 Å². The van der Waals surface area contributed by atoms with Crippen molar-refractivity contribution < 1.29 is 4.74 Å². The molecule has 0 saturated heterocycles. The zero-order chi connectivity index (χ0) is 15.5. The molecule has 0 aliphatic heterocycles. The summed E-state index contributed by atoms with van der Waals surface area (Å²) in [6.07, 6.45) is 1.62. The monoisotopic (exact) mass is 297 g/mol. The zero-order valence-electron chi connectivity index (χ0n) is 12.7. The number of anilines is 1. The molecular weight excluding hydrogens is 278 g/mol. The summed E-state index contributed by atoms with van der Waals surface area (Å²) in [5.74, 6) is 0.826. The number of hydrogen-bond donors (Lipinski definition) is 2. The first-order valence-electron chi connectivity index (χ1n) is 7.11. The lowest BCUT2D eigenvalue weighted by Gasteiger charge is -2.11. The van der Waals surface area contributed by atoms with Crippen molar-refractivity contribution in [2.75, 3.05) is 33.0 Å². The fraction of sp³-hybridized carbons (Fsp3) is 0.250. The first-order valence-corrected chi connectivity index (χ1v) is 7.11. The molecule has 6 heteroatoms. The first-order chi connectivity index (χ1) is 10.6. The number of likely N-dealkylation sites (N-methyl/N-ethyl adjacent to an activating group) is 1. The number of pyridine rings is 1. The van der Waals surface area contributed by atoms with Crippen LogP contribution in [-0.2, 0) is 0 Å². The van der Waals surface area contributed by atoms with Crippen molar-refractivity contribution in [1.29, 1.82) is 0 Å². The molecule has 0 bridgehead atoms. The Balaban J connectivity index is 1.89. The molecule has 3 aromatic rings. The van der Waals surface area contributed by atoms with Crippen LogP contribution in [0.5, 0.6) is 5.75 Å². The number of aromatic amines is 1. The van der Waals surface area contributed by atoms with E-state index in [-0.39, 0.29) is 0 Å². The highest BCUT2D eigenvalue weighted by Gasteiger charge is 2.10. The van der Waals surface area contributed by atoms with E-state index < -0.39 is 0 Å². The molecule has 0 aliphatic carbocycles. The molecule has 0 saturated carbocycles. The average Bonchev–Trinajstić information content (AvgIpc) is 2.90. The van der Waals surface area contributed by atoms with Crippen LogP contribution < -0.4 is 10.5 Å². The van der Waals surface area contributed by atoms with Gasteiger partial charge in [-0.15, -0.1) is 0 Å². The Kier molecular flexibility index (Phi) is 3.93. The molecule has 3 N–H and O–H groups in total. The molecule has 0 fully saturated rings. The summed E-state index contributed by atoms with van der Waals surface area (Å²) >= 11 is 0. The summed E-state index contributed by atoms with van der Waals surface area (Å²) in [5, 5.41) is 8.18. The predicted molar refractivity (Wildman–Crippen MR) is 87.8 cm³/mol. The number of aromatic nitrogens is 3. The largest absolute Gasteiger partial charge is 0.492 e. The quantitative estimate of drug-likeness (QED) is 0.754. The normalized spacial score (nSPS) is 11.2. The number of rotatable bonds is 5. The van der Waals surface area contributed by atoms with Crippen LogP contribution >= 0.6 is 0 Å². The van der Waals surface area contributed by atoms with Gasteiger partial charge >= 0.3 is 0 Å². The predicted octanol–water partition coefficient (Wildman–Crippen LogP) is 2.15. The molecule has 0 spiro atoms. The van der Waals surface area contributed by atoms with Crippen molar-refractivity contribution >= 4 is 16.7 Å². The summed E-state index contributed by atoms with van der Waals surface area (Å²) < 4.78 is 5.77. The van der Waals surface area contributed by atoms with Gasteiger partial charge in [0.05, 0.1) is 11.9 Å². The number of nitrogens with zero attached hydrogens (tertiary/aromatic N) is 3. The zero-order valence-corrected chi connectivity index (χ0v) is 12.7. The van der Waals surface area contributed by atoms with Gasteiger partial charge in [0.2, 0.25) is 0 Å². The van der Waals surface area contributed by atoms with Crippen molar-refractivity contribution in [3.05, 3.63) is 36.5 Å². The minimum atomic E-state index is 0.619. The highest BCUT2D eigenvalue weighted by atomic mass is 16.5. The standard InChI is InChI=1S/C16H19N5O/c1-21(2)6-7-22-13-5-3-4-11(8-13)15-14-9-12(17)10-18-16(14)20-19-15/h3-5,8-10H,6-7,17H2,1-2H3,(H,18,19,20). The van der Waals surface area contributed by atoms with E-state index in [1.165, 1.54) is 0 Å². The van der Waals surface area contributed by atoms with E-state index in [9.17, 15) is 0 Å². The van der Waals surface area contributed by atoms with Crippen LogP contribution in [0.15, 0.2) is 36.5 Å². The lowest BCUT2D eigenvalue weighted by atomic mass is 10.1. The fourth-order valence-electron chi connectivity index (χ4n) is 2.22. The minimum Gasteiger partial charge on any atom is -0.492 e. The number of nitrogen functional groups attached to an aromatic ring is 1. The molecule has 0 amide bonds. The van der Waals surface area contributed by atoms with E-state index in [1.54, 1.807) is 6.20 Å². The van der Waals surface area contributed by atoms with Crippen LogP contribution in [0.2, 0.25) is 0 Å². The lowest BCUT2D eigenvalue weighted by Crippen LogP contribution is -2.19. The van der Waals surface area contributed by atoms with E-state index >= 15 is 0 Å². The average molecular weight is 297 g/mol. The molecule has 22 heavy (non-hydrogen) atoms. The van der Waals surface area contributed by atoms with E-state index in [2.05, 4.69) is 20.1 Å². The summed E-state index contributed by atoms with van der Waals surface area (Å²) in [5.41, 5.74) is 8.96. The van der Waals surface area contributed by atoms with Crippen LogP contribution in [0.4, 0.5) is 5.69 Å². The summed E-state index contributed by atoms with van der Waals surface area (Å²) in [4.78, 5) is 6.32. The second-order valence-corrected chi connectivity index (χ2v) is 5.42. The maximum Gasteiger partial charge on any atom is 0.155 e. The number of nitrogens with one attached hydrogen (secondary N) is 1. The SMILES string of the molecule is CN(C)CCOc1cccc(-c2n[nH]c3ncc(N)cc23)c1. The number of benzene rings is 1. The van der Waals surface area contributed by atoms with Crippen LogP contribution in [0.25, 0.3) is 22.3 Å². The maximum absolute atomic E-state index is 5.82. The summed E-state index contributed by atoms with van der Waals surface area (Å²) in [7, 11) is 4.04. The number of hydrogen-bond acceptors (Lipinski definition) is 5. The molecular formula is C16H19N5O. The Labute approximate surface area is 128 Å². The molecule has 0 atom stereocenters. The molecule has 6 nitrogen and oxygen atoms in total. The second kappa shape index (κ2) is 6.03. The van der Waals surface area contributed by atoms with Crippen molar-refractivity contribution in [3.63, 3.8) is 0 Å². The van der Waals surface area contributed by atoms with Crippen molar-refractivity contribution in [3.8, 4) is 17.0 Å². The van der Waals surface area contributed by atoms with Gasteiger partial charge in [-0.2, -0.15) is 5.10 Å². The van der Waals surface area contributed by atoms with E-state index in [4.69, 9.17) is 10.5 Å². The van der Waals surface area contributed by atoms with Gasteiger partial charge in [-0.25, -0.2) is 4.98 Å². The van der Waals surface area contributed by atoms with Crippen molar-refractivity contribution in [2.45, 2.75) is 0 Å². The molecule has 114 valence electrons. The summed E-state index contributed by atoms with van der Waals surface area (Å²) in [6.45, 7) is 1.52. The van der Waals surface area contributed by atoms with E-state index in [0.29, 0.717) is 12.3 Å². The second-order valence-electron chi connectivity index (χ2n) is 5.42. The molecule has 3 rings (SSSR count). The minimum absolute atomic E-state index is 0.619. The van der Waals surface area contributed by atoms with Gasteiger partial charge in [0.1, 0.15) is 18.1 Å². The third-order valence-electron chi connectivity index (χ3n) is 3.35. The van der Waals surface area contributed by atoms with Crippen molar-refractivity contribution in [2.24, 2.45) is 0 Å². The lowest BCUT2D eigenvalue weighted by molar-refractivity contribution is 0.261. The smallest absolute Gasteiger partial charge is 0.155 e. The Morgan fingerprint density at radius 2 is 2.14 bits per heavy atom. The van der Waals surface area contributed by atoms with Gasteiger partial charge in [0.25, 0.3) is 0 Å². The number of H-pyrrole nitrogens is 1. The number of ether oxygens (including phenoxy) is 1. The molecule has 0 radical (unpaired) electrons. The van der Waals surface area contributed by atoms with Gasteiger partial charge in [0, 0.05) is 17.5 Å². The van der Waals surface area contributed by atoms with Gasteiger partial charge < -0.3 is 15.4 Å². The third kappa shape index (κ3) is 3.01. The van der Waals surface area contributed by atoms with Crippen LogP contribution in [0, 0.1) is 0 Å². The number of fused-ring (bicyclic) bond motifs is 1. The maximum atomic E-state index is 5.82. The van der Waals surface area contributed by atoms with E-state index in [1.807, 2.05) is 44.4 Å². The Morgan fingerprint density at radius 1 is 1.27 bits per heavy atom. The Morgan fingerprint density at radius 3 is 2.95 bits per heavy atom. The number of nitrogens with two attached hydrogens (primary N) is 1. The topological polar surface area (TPSA) is 80.1 Å². The molecule has 2 aromatic heterocycles. The summed E-state index contributed by atoms with van der Waals surface area (Å²) in [6, 6.07) is 9.76. The highest BCUT2D eigenvalue weighted by Crippen LogP contribution is 2.28. The van der Waals surface area contributed by atoms with Gasteiger partial charge in [-0.3, -0.25) is 5.10 Å². The Hall–Kier alpha value is -2.60. The van der Waals surface area contributed by atoms with Gasteiger partial charge in [-0.05, 0) is 32.3 Å². The van der Waals surface area contributed by atoms with Crippen LogP contribution in [0.1, 0.15) is 0 Å². The first kappa shape index (κ1) is 14.3.